The predicted octanol–water partition coefficient (Wildman–Crippen LogP) is 5.24. The van der Waals surface area contributed by atoms with Crippen LogP contribution >= 0.6 is 11.6 Å². The third-order valence-corrected chi connectivity index (χ3v) is 3.28. The molecule has 0 amide bonds. The van der Waals surface area contributed by atoms with Crippen LogP contribution < -0.4 is 4.74 Å². The van der Waals surface area contributed by atoms with Crippen LogP contribution in [0.1, 0.15) is 31.0 Å². The molecule has 0 unspecified atom stereocenters. The topological polar surface area (TPSA) is 26.5 Å². The second kappa shape index (κ2) is 7.63. The molecule has 0 spiro atoms. The van der Waals surface area contributed by atoms with Gasteiger partial charge in [0.2, 0.25) is 0 Å². The van der Waals surface area contributed by atoms with E-state index in [2.05, 4.69) is 9.83 Å². The zero-order chi connectivity index (χ0) is 15.9. The zero-order valence-corrected chi connectivity index (χ0v) is 13.3. The molecule has 1 aromatic heterocycles. The molecule has 4 heteroatoms. The van der Waals surface area contributed by atoms with E-state index in [-0.39, 0.29) is 11.8 Å². The Morgan fingerprint density at radius 3 is 2.73 bits per heavy atom. The lowest BCUT2D eigenvalue weighted by Gasteiger charge is -2.12. The third-order valence-electron chi connectivity index (χ3n) is 3.08. The molecule has 2 aromatic rings. The van der Waals surface area contributed by atoms with Gasteiger partial charge in [0, 0.05) is 12.3 Å². The van der Waals surface area contributed by atoms with Crippen molar-refractivity contribution < 1.29 is 4.74 Å². The summed E-state index contributed by atoms with van der Waals surface area (Å²) in [5.41, 5.74) is 1.92. The van der Waals surface area contributed by atoms with Crippen molar-refractivity contribution in [3.63, 3.8) is 0 Å². The highest BCUT2D eigenvalue weighted by Gasteiger charge is 2.12. The number of hydrogen-bond acceptors (Lipinski definition) is 2. The van der Waals surface area contributed by atoms with Crippen molar-refractivity contribution in [3.05, 3.63) is 82.3 Å². The minimum atomic E-state index is 0.188. The molecular weight excluding hydrogens is 296 g/mol. The second-order valence-corrected chi connectivity index (χ2v) is 5.57. The molecule has 0 fully saturated rings. The molecule has 0 radical (unpaired) electrons. The monoisotopic (exact) mass is 312 g/mol. The molecule has 1 heterocycles. The summed E-state index contributed by atoms with van der Waals surface area (Å²) in [6.07, 6.45) is 4.01. The molecule has 0 aliphatic heterocycles. The molecule has 0 aliphatic rings. The normalized spacial score (nSPS) is 11.3. The molecule has 0 atom stereocenters. The first-order valence-corrected chi connectivity index (χ1v) is 7.42. The number of hydrogen-bond donors (Lipinski definition) is 0. The van der Waals surface area contributed by atoms with Gasteiger partial charge in [-0.3, -0.25) is 4.98 Å². The van der Waals surface area contributed by atoms with Gasteiger partial charge < -0.3 is 4.74 Å². The van der Waals surface area contributed by atoms with Crippen LogP contribution in [0.4, 0.5) is 0 Å². The molecule has 0 N–H and O–H groups in total. The number of nitrogens with zero attached hydrogens (tertiary/aromatic N) is 2. The molecule has 0 saturated carbocycles. The summed E-state index contributed by atoms with van der Waals surface area (Å²) in [7, 11) is 0. The Bertz CT molecular complexity index is 703. The summed E-state index contributed by atoms with van der Waals surface area (Å²) in [5, 5.41) is 0.492. The van der Waals surface area contributed by atoms with E-state index in [4.69, 9.17) is 22.9 Å². The van der Waals surface area contributed by atoms with E-state index >= 15 is 0 Å². The van der Waals surface area contributed by atoms with Crippen molar-refractivity contribution >= 4 is 11.6 Å². The summed E-state index contributed by atoms with van der Waals surface area (Å²) in [5.74, 6) is 0.959. The largest absolute Gasteiger partial charge is 0.479 e. The maximum atomic E-state index is 7.28. The fourth-order valence-corrected chi connectivity index (χ4v) is 2.14. The van der Waals surface area contributed by atoms with Crippen LogP contribution in [-0.4, -0.2) is 4.98 Å². The Morgan fingerprint density at radius 1 is 1.36 bits per heavy atom. The van der Waals surface area contributed by atoms with E-state index in [0.29, 0.717) is 17.2 Å². The van der Waals surface area contributed by atoms with Crippen molar-refractivity contribution in [2.45, 2.75) is 26.2 Å². The number of allylic oxidation sites excluding steroid dienone is 1. The van der Waals surface area contributed by atoms with Gasteiger partial charge >= 0.3 is 5.88 Å². The van der Waals surface area contributed by atoms with E-state index in [1.807, 2.05) is 44.2 Å². The van der Waals surface area contributed by atoms with E-state index in [1.165, 1.54) is 0 Å². The Labute approximate surface area is 136 Å². The van der Waals surface area contributed by atoms with Gasteiger partial charge in [0.25, 0.3) is 0 Å². The SMILES string of the molecule is [C-]#[N+]/C(=C/Cc1ccccc1)Oc1cc(Cl)cnc1C(C)C. The fraction of sp³-hybridized carbons (Fsp3) is 0.222. The number of pyridine rings is 1. The smallest absolute Gasteiger partial charge is 0.342 e. The van der Waals surface area contributed by atoms with Crippen molar-refractivity contribution in [2.24, 2.45) is 0 Å². The third kappa shape index (κ3) is 4.34. The van der Waals surface area contributed by atoms with Crippen LogP contribution in [-0.2, 0) is 6.42 Å². The molecule has 0 bridgehead atoms. The average Bonchev–Trinajstić information content (AvgIpc) is 2.52. The zero-order valence-electron chi connectivity index (χ0n) is 12.6. The Hall–Kier alpha value is -2.31. The second-order valence-electron chi connectivity index (χ2n) is 5.14. The Morgan fingerprint density at radius 2 is 2.09 bits per heavy atom. The summed E-state index contributed by atoms with van der Waals surface area (Å²) >= 11 is 5.98. The highest BCUT2D eigenvalue weighted by molar-refractivity contribution is 6.30. The molecule has 3 nitrogen and oxygen atoms in total. The highest BCUT2D eigenvalue weighted by Crippen LogP contribution is 2.28. The summed E-state index contributed by atoms with van der Waals surface area (Å²) in [6.45, 7) is 11.3. The van der Waals surface area contributed by atoms with Crippen molar-refractivity contribution in [3.8, 4) is 5.75 Å². The first-order chi connectivity index (χ1) is 10.6. The molecule has 22 heavy (non-hydrogen) atoms. The van der Waals surface area contributed by atoms with Gasteiger partial charge in [-0.1, -0.05) is 55.8 Å². The number of benzene rings is 1. The number of halogens is 1. The molecule has 0 saturated heterocycles. The van der Waals surface area contributed by atoms with E-state index in [1.54, 1.807) is 18.3 Å². The lowest BCUT2D eigenvalue weighted by atomic mass is 10.1. The van der Waals surface area contributed by atoms with Crippen molar-refractivity contribution in [1.29, 1.82) is 0 Å². The molecule has 2 rings (SSSR count). The highest BCUT2D eigenvalue weighted by atomic mass is 35.5. The van der Waals surface area contributed by atoms with Gasteiger partial charge in [-0.05, 0) is 24.0 Å². The molecule has 0 aliphatic carbocycles. The Kier molecular flexibility index (Phi) is 5.57. The maximum absolute atomic E-state index is 7.28. The minimum absolute atomic E-state index is 0.188. The fourth-order valence-electron chi connectivity index (χ4n) is 1.99. The van der Waals surface area contributed by atoms with Gasteiger partial charge in [0.15, 0.2) is 0 Å². The molecule has 112 valence electrons. The van der Waals surface area contributed by atoms with Gasteiger partial charge in [-0.15, -0.1) is 0 Å². The van der Waals surface area contributed by atoms with Crippen LogP contribution in [0.5, 0.6) is 5.75 Å². The average molecular weight is 313 g/mol. The van der Waals surface area contributed by atoms with Crippen LogP contribution in [0.2, 0.25) is 5.02 Å². The van der Waals surface area contributed by atoms with Crippen LogP contribution in [0.3, 0.4) is 0 Å². The first kappa shape index (κ1) is 16.1. The summed E-state index contributed by atoms with van der Waals surface area (Å²) in [4.78, 5) is 7.74. The van der Waals surface area contributed by atoms with Crippen molar-refractivity contribution in [1.82, 2.24) is 4.98 Å². The van der Waals surface area contributed by atoms with Crippen LogP contribution in [0.25, 0.3) is 4.85 Å². The summed E-state index contributed by atoms with van der Waals surface area (Å²) in [6, 6.07) is 11.6. The first-order valence-electron chi connectivity index (χ1n) is 7.05. The lowest BCUT2D eigenvalue weighted by Crippen LogP contribution is -2.00. The van der Waals surface area contributed by atoms with Gasteiger partial charge in [-0.25, -0.2) is 0 Å². The van der Waals surface area contributed by atoms with E-state index in [0.717, 1.165) is 11.3 Å². The van der Waals surface area contributed by atoms with Crippen LogP contribution in [0.15, 0.2) is 54.6 Å². The Balaban J connectivity index is 2.20. The predicted molar refractivity (Wildman–Crippen MR) is 88.8 cm³/mol. The number of aromatic nitrogens is 1. The van der Waals surface area contributed by atoms with Crippen LogP contribution in [0, 0.1) is 6.57 Å². The maximum Gasteiger partial charge on any atom is 0.342 e. The molecular formula is C18H17ClN2O. The van der Waals surface area contributed by atoms with E-state index < -0.39 is 0 Å². The standard InChI is InChI=1S/C18H17ClN2O/c1-13(2)18-16(11-15(19)12-21-18)22-17(20-3)10-9-14-7-5-4-6-8-14/h4-8,10-13H,9H2,1-2H3/b17-10-. The number of rotatable bonds is 5. The van der Waals surface area contributed by atoms with Gasteiger partial charge in [0.05, 0.1) is 17.3 Å². The molecule has 1 aromatic carbocycles. The van der Waals surface area contributed by atoms with E-state index in [9.17, 15) is 0 Å². The van der Waals surface area contributed by atoms with Gasteiger partial charge in [0.1, 0.15) is 5.75 Å². The summed E-state index contributed by atoms with van der Waals surface area (Å²) < 4.78 is 5.72. The minimum Gasteiger partial charge on any atom is -0.479 e. The number of ether oxygens (including phenoxy) is 1. The quantitative estimate of drug-likeness (QED) is 0.557. The lowest BCUT2D eigenvalue weighted by molar-refractivity contribution is 0.429. The van der Waals surface area contributed by atoms with Crippen molar-refractivity contribution in [2.75, 3.05) is 0 Å². The van der Waals surface area contributed by atoms with Gasteiger partial charge in [-0.2, -0.15) is 4.85 Å².